The maximum Gasteiger partial charge on any atom is 0.253 e. The van der Waals surface area contributed by atoms with Gasteiger partial charge < -0.3 is 4.90 Å². The zero-order valence-corrected chi connectivity index (χ0v) is 11.9. The predicted molar refractivity (Wildman–Crippen MR) is 73.9 cm³/mol. The minimum Gasteiger partial charge on any atom is -0.338 e. The normalized spacial score (nSPS) is 20.4. The fourth-order valence-electron chi connectivity index (χ4n) is 2.18. The Morgan fingerprint density at radius 1 is 1.53 bits per heavy atom. The number of amides is 1. The Hall–Kier alpha value is -0.540. The summed E-state index contributed by atoms with van der Waals surface area (Å²) in [5, 5.41) is 1.58. The summed E-state index contributed by atoms with van der Waals surface area (Å²) in [5.41, 5.74) is 0.688. The lowest BCUT2D eigenvalue weighted by Crippen LogP contribution is -2.40. The first kappa shape index (κ1) is 12.9. The molecular weight excluding hydrogens is 302 g/mol. The molecule has 0 aliphatic carbocycles. The lowest BCUT2D eigenvalue weighted by molar-refractivity contribution is 0.0686. The van der Waals surface area contributed by atoms with E-state index in [1.807, 2.05) is 17.0 Å². The summed E-state index contributed by atoms with van der Waals surface area (Å²) in [6.07, 6.45) is 2.28. The van der Waals surface area contributed by atoms with Gasteiger partial charge in [-0.3, -0.25) is 4.79 Å². The zero-order chi connectivity index (χ0) is 12.3. The first-order chi connectivity index (χ1) is 8.20. The monoisotopic (exact) mass is 315 g/mol. The Bertz CT molecular complexity index is 410. The Morgan fingerprint density at radius 3 is 3.06 bits per heavy atom. The average Bonchev–Trinajstić information content (AvgIpc) is 2.38. The van der Waals surface area contributed by atoms with Crippen molar-refractivity contribution in [2.45, 2.75) is 12.8 Å². The van der Waals surface area contributed by atoms with Gasteiger partial charge in [-0.25, -0.2) is 0 Å². The number of hydrogen-bond acceptors (Lipinski definition) is 1. The van der Waals surface area contributed by atoms with Gasteiger partial charge in [-0.05, 0) is 37.0 Å². The molecule has 0 N–H and O–H groups in total. The van der Waals surface area contributed by atoms with Crippen LogP contribution in [0.1, 0.15) is 23.2 Å². The van der Waals surface area contributed by atoms with Crippen LogP contribution < -0.4 is 0 Å². The lowest BCUT2D eigenvalue weighted by atomic mass is 9.99. The van der Waals surface area contributed by atoms with Crippen LogP contribution >= 0.6 is 27.5 Å². The van der Waals surface area contributed by atoms with Crippen LogP contribution in [0, 0.1) is 5.92 Å². The smallest absolute Gasteiger partial charge is 0.253 e. The van der Waals surface area contributed by atoms with E-state index in [0.717, 1.165) is 24.8 Å². The second-order valence-corrected chi connectivity index (χ2v) is 5.51. The molecule has 0 radical (unpaired) electrons. The zero-order valence-electron chi connectivity index (χ0n) is 9.53. The highest BCUT2D eigenvalue weighted by Gasteiger charge is 2.23. The highest BCUT2D eigenvalue weighted by Crippen LogP contribution is 2.21. The van der Waals surface area contributed by atoms with Crippen LogP contribution in [0.2, 0.25) is 5.02 Å². The number of benzene rings is 1. The fraction of sp³-hybridized carbons (Fsp3) is 0.462. The van der Waals surface area contributed by atoms with E-state index >= 15 is 0 Å². The molecule has 1 unspecified atom stereocenters. The largest absolute Gasteiger partial charge is 0.338 e. The number of nitrogens with zero attached hydrogens (tertiary/aromatic N) is 1. The van der Waals surface area contributed by atoms with Crippen molar-refractivity contribution >= 4 is 33.4 Å². The molecule has 4 heteroatoms. The van der Waals surface area contributed by atoms with Gasteiger partial charge in [-0.2, -0.15) is 0 Å². The Balaban J connectivity index is 2.09. The van der Waals surface area contributed by atoms with E-state index < -0.39 is 0 Å². The van der Waals surface area contributed by atoms with E-state index in [-0.39, 0.29) is 5.91 Å². The SMILES string of the molecule is O=C(c1cccc(Cl)c1)N1CCCC(CBr)C1. The van der Waals surface area contributed by atoms with Crippen molar-refractivity contribution < 1.29 is 4.79 Å². The van der Waals surface area contributed by atoms with Gasteiger partial charge in [0, 0.05) is 29.0 Å². The molecule has 1 amide bonds. The highest BCUT2D eigenvalue weighted by atomic mass is 79.9. The third-order valence-corrected chi connectivity index (χ3v) is 4.25. The molecule has 0 bridgehead atoms. The van der Waals surface area contributed by atoms with Crippen LogP contribution in [0.25, 0.3) is 0 Å². The second kappa shape index (κ2) is 5.87. The summed E-state index contributed by atoms with van der Waals surface area (Å²) in [4.78, 5) is 14.2. The molecule has 0 spiro atoms. The topological polar surface area (TPSA) is 20.3 Å². The number of alkyl halides is 1. The number of rotatable bonds is 2. The van der Waals surface area contributed by atoms with Gasteiger partial charge in [-0.15, -0.1) is 0 Å². The molecule has 92 valence electrons. The molecule has 2 nitrogen and oxygen atoms in total. The number of carbonyl (C=O) groups excluding carboxylic acids is 1. The van der Waals surface area contributed by atoms with Crippen LogP contribution in [-0.4, -0.2) is 29.2 Å². The highest BCUT2D eigenvalue weighted by molar-refractivity contribution is 9.09. The van der Waals surface area contributed by atoms with Crippen molar-refractivity contribution in [3.8, 4) is 0 Å². The summed E-state index contributed by atoms with van der Waals surface area (Å²) in [7, 11) is 0. The molecule has 0 aromatic heterocycles. The minimum absolute atomic E-state index is 0.0955. The Labute approximate surface area is 115 Å². The summed E-state index contributed by atoms with van der Waals surface area (Å²) >= 11 is 9.40. The number of piperidine rings is 1. The molecule has 2 rings (SSSR count). The molecular formula is C13H15BrClNO. The molecule has 1 saturated heterocycles. The van der Waals surface area contributed by atoms with Gasteiger partial charge >= 0.3 is 0 Å². The molecule has 1 fully saturated rings. The molecule has 1 aromatic carbocycles. The van der Waals surface area contributed by atoms with Gasteiger partial charge in [-0.1, -0.05) is 33.6 Å². The third kappa shape index (κ3) is 3.23. The van der Waals surface area contributed by atoms with E-state index in [9.17, 15) is 4.79 Å². The molecule has 1 aromatic rings. The Kier molecular flexibility index (Phi) is 4.46. The average molecular weight is 317 g/mol. The van der Waals surface area contributed by atoms with Crippen molar-refractivity contribution in [3.05, 3.63) is 34.9 Å². The van der Waals surface area contributed by atoms with Gasteiger partial charge in [0.2, 0.25) is 0 Å². The van der Waals surface area contributed by atoms with E-state index in [4.69, 9.17) is 11.6 Å². The van der Waals surface area contributed by atoms with Crippen LogP contribution in [0.15, 0.2) is 24.3 Å². The van der Waals surface area contributed by atoms with Crippen molar-refractivity contribution in [3.63, 3.8) is 0 Å². The standard InChI is InChI=1S/C13H15BrClNO/c14-8-10-3-2-6-16(9-10)13(17)11-4-1-5-12(15)7-11/h1,4-5,7,10H,2-3,6,8-9H2. The first-order valence-electron chi connectivity index (χ1n) is 5.81. The molecule has 1 aliphatic rings. The van der Waals surface area contributed by atoms with Crippen LogP contribution in [0.4, 0.5) is 0 Å². The summed E-state index contributed by atoms with van der Waals surface area (Å²) < 4.78 is 0. The molecule has 0 saturated carbocycles. The summed E-state index contributed by atoms with van der Waals surface area (Å²) in [6, 6.07) is 7.17. The van der Waals surface area contributed by atoms with Crippen LogP contribution in [0.5, 0.6) is 0 Å². The Morgan fingerprint density at radius 2 is 2.35 bits per heavy atom. The predicted octanol–water partition coefficient (Wildman–Crippen LogP) is 3.59. The number of carbonyl (C=O) groups is 1. The van der Waals surface area contributed by atoms with Crippen molar-refractivity contribution in [2.75, 3.05) is 18.4 Å². The third-order valence-electron chi connectivity index (χ3n) is 3.10. The fourth-order valence-corrected chi connectivity index (χ4v) is 2.90. The van der Waals surface area contributed by atoms with Crippen LogP contribution in [-0.2, 0) is 0 Å². The van der Waals surface area contributed by atoms with Crippen molar-refractivity contribution in [1.82, 2.24) is 4.90 Å². The van der Waals surface area contributed by atoms with Crippen LogP contribution in [0.3, 0.4) is 0 Å². The molecule has 17 heavy (non-hydrogen) atoms. The quantitative estimate of drug-likeness (QED) is 0.764. The second-order valence-electron chi connectivity index (χ2n) is 4.42. The lowest BCUT2D eigenvalue weighted by Gasteiger charge is -2.32. The number of hydrogen-bond donors (Lipinski definition) is 0. The van der Waals surface area contributed by atoms with E-state index in [1.54, 1.807) is 12.1 Å². The maximum atomic E-state index is 12.3. The summed E-state index contributed by atoms with van der Waals surface area (Å²) in [6.45, 7) is 1.70. The first-order valence-corrected chi connectivity index (χ1v) is 7.31. The minimum atomic E-state index is 0.0955. The van der Waals surface area contributed by atoms with Gasteiger partial charge in [0.15, 0.2) is 0 Å². The van der Waals surface area contributed by atoms with Crippen molar-refractivity contribution in [1.29, 1.82) is 0 Å². The van der Waals surface area contributed by atoms with Gasteiger partial charge in [0.05, 0.1) is 0 Å². The number of halogens is 2. The van der Waals surface area contributed by atoms with E-state index in [2.05, 4.69) is 15.9 Å². The summed E-state index contributed by atoms with van der Waals surface area (Å²) in [5.74, 6) is 0.671. The number of likely N-dealkylation sites (tertiary alicyclic amines) is 1. The van der Waals surface area contributed by atoms with Gasteiger partial charge in [0.25, 0.3) is 5.91 Å². The van der Waals surface area contributed by atoms with Gasteiger partial charge in [0.1, 0.15) is 0 Å². The maximum absolute atomic E-state index is 12.3. The molecule has 1 atom stereocenters. The molecule has 1 aliphatic heterocycles. The van der Waals surface area contributed by atoms with E-state index in [1.165, 1.54) is 6.42 Å². The van der Waals surface area contributed by atoms with Crippen molar-refractivity contribution in [2.24, 2.45) is 5.92 Å². The van der Waals surface area contributed by atoms with E-state index in [0.29, 0.717) is 16.5 Å². The molecule has 1 heterocycles.